The number of aromatic nitrogens is 1. The molecule has 35 heavy (non-hydrogen) atoms. The predicted octanol–water partition coefficient (Wildman–Crippen LogP) is 3.08. The summed E-state index contributed by atoms with van der Waals surface area (Å²) in [6.45, 7) is 3.19. The third kappa shape index (κ3) is 7.07. The van der Waals surface area contributed by atoms with Gasteiger partial charge in [-0.3, -0.25) is 14.4 Å². The van der Waals surface area contributed by atoms with Gasteiger partial charge in [0.05, 0.1) is 12.3 Å². The van der Waals surface area contributed by atoms with Gasteiger partial charge in [0.1, 0.15) is 0 Å². The lowest BCUT2D eigenvalue weighted by atomic mass is 9.92. The molecule has 0 aliphatic carbocycles. The summed E-state index contributed by atoms with van der Waals surface area (Å²) in [4.78, 5) is 42.5. The molecule has 4 rings (SSSR count). The Labute approximate surface area is 206 Å². The van der Waals surface area contributed by atoms with Crippen molar-refractivity contribution in [3.63, 3.8) is 0 Å². The van der Waals surface area contributed by atoms with Crippen molar-refractivity contribution in [1.82, 2.24) is 20.5 Å². The number of rotatable bonds is 10. The molecule has 2 amide bonds. The average Bonchev–Trinajstić information content (AvgIpc) is 3.29. The number of aromatic amines is 1. The molecule has 1 unspecified atom stereocenters. The van der Waals surface area contributed by atoms with E-state index < -0.39 is 12.0 Å². The van der Waals surface area contributed by atoms with E-state index in [0.29, 0.717) is 38.3 Å². The molecule has 0 radical (unpaired) electrons. The van der Waals surface area contributed by atoms with E-state index in [9.17, 15) is 19.5 Å². The van der Waals surface area contributed by atoms with Crippen LogP contribution in [0.5, 0.6) is 0 Å². The fourth-order valence-electron chi connectivity index (χ4n) is 5.50. The number of H-pyrrole nitrogens is 1. The molecule has 2 atom stereocenters. The fourth-order valence-corrected chi connectivity index (χ4v) is 5.50. The number of amides is 2. The van der Waals surface area contributed by atoms with Crippen molar-refractivity contribution in [1.29, 1.82) is 0 Å². The molecule has 8 heteroatoms. The molecule has 1 aromatic heterocycles. The highest BCUT2D eigenvalue weighted by Gasteiger charge is 2.30. The van der Waals surface area contributed by atoms with Crippen LogP contribution in [0.15, 0.2) is 30.5 Å². The number of likely N-dealkylation sites (tertiary alicyclic amines) is 1. The van der Waals surface area contributed by atoms with Crippen molar-refractivity contribution in [2.75, 3.05) is 26.2 Å². The van der Waals surface area contributed by atoms with Crippen molar-refractivity contribution in [3.05, 3.63) is 36.0 Å². The van der Waals surface area contributed by atoms with E-state index in [2.05, 4.69) is 15.6 Å². The van der Waals surface area contributed by atoms with E-state index in [1.54, 1.807) is 0 Å². The van der Waals surface area contributed by atoms with Gasteiger partial charge in [0, 0.05) is 42.7 Å². The molecule has 2 fully saturated rings. The first-order valence-corrected chi connectivity index (χ1v) is 13.0. The second kappa shape index (κ2) is 12.2. The fraction of sp³-hybridized carbons (Fsp3) is 0.593. The molecule has 3 heterocycles. The number of nitrogens with one attached hydrogen (secondary N) is 3. The lowest BCUT2D eigenvalue weighted by molar-refractivity contribution is -0.138. The summed E-state index contributed by atoms with van der Waals surface area (Å²) in [5.41, 5.74) is 2.17. The number of carbonyl (C=O) groups excluding carboxylic acids is 2. The van der Waals surface area contributed by atoms with Gasteiger partial charge in [0.2, 0.25) is 11.8 Å². The number of aryl methyl sites for hydroxylation is 1. The number of carbonyl (C=O) groups is 3. The van der Waals surface area contributed by atoms with Gasteiger partial charge >= 0.3 is 5.97 Å². The maximum absolute atomic E-state index is 13.1. The summed E-state index contributed by atoms with van der Waals surface area (Å²) in [6.07, 6.45) is 8.32. The monoisotopic (exact) mass is 482 g/mol. The van der Waals surface area contributed by atoms with Crippen LogP contribution in [0, 0.1) is 11.8 Å². The summed E-state index contributed by atoms with van der Waals surface area (Å²) in [6, 6.07) is 7.57. The van der Waals surface area contributed by atoms with Crippen LogP contribution < -0.4 is 10.6 Å². The maximum Gasteiger partial charge on any atom is 0.305 e. The molecule has 0 saturated carbocycles. The Morgan fingerprint density at radius 3 is 2.74 bits per heavy atom. The second-order valence-corrected chi connectivity index (χ2v) is 10.1. The highest BCUT2D eigenvalue weighted by molar-refractivity contribution is 5.83. The largest absolute Gasteiger partial charge is 0.481 e. The van der Waals surface area contributed by atoms with Crippen LogP contribution in [0.3, 0.4) is 0 Å². The number of carboxylic acids is 1. The highest BCUT2D eigenvalue weighted by atomic mass is 16.4. The van der Waals surface area contributed by atoms with Crippen LogP contribution in [0.25, 0.3) is 10.9 Å². The number of fused-ring (bicyclic) bond motifs is 1. The molecule has 2 aliphatic heterocycles. The van der Waals surface area contributed by atoms with E-state index >= 15 is 0 Å². The zero-order valence-corrected chi connectivity index (χ0v) is 20.4. The zero-order valence-electron chi connectivity index (χ0n) is 20.4. The van der Waals surface area contributed by atoms with Crippen LogP contribution in [-0.4, -0.2) is 65.0 Å². The summed E-state index contributed by atoms with van der Waals surface area (Å²) >= 11 is 0. The summed E-state index contributed by atoms with van der Waals surface area (Å²) < 4.78 is 0. The van der Waals surface area contributed by atoms with Gasteiger partial charge < -0.3 is 25.6 Å². The lowest BCUT2D eigenvalue weighted by Gasteiger charge is -2.33. The number of carboxylic acid groups (broad SMARTS) is 1. The number of nitrogens with zero attached hydrogens (tertiary/aromatic N) is 1. The number of benzene rings is 1. The molecule has 2 aromatic rings. The quantitative estimate of drug-likeness (QED) is 0.416. The molecular formula is C27H38N4O4. The molecule has 190 valence electrons. The highest BCUT2D eigenvalue weighted by Crippen LogP contribution is 2.23. The van der Waals surface area contributed by atoms with Crippen molar-refractivity contribution in [2.24, 2.45) is 11.8 Å². The normalized spacial score (nSPS) is 20.0. The molecule has 4 N–H and O–H groups in total. The first-order chi connectivity index (χ1) is 17.0. The van der Waals surface area contributed by atoms with Crippen molar-refractivity contribution < 1.29 is 19.5 Å². The van der Waals surface area contributed by atoms with Crippen molar-refractivity contribution in [2.45, 2.75) is 63.8 Å². The SMILES string of the molecule is O=C(O)CC(CCc1c[nH]c2ccccc12)NC(=O)[C@@H]1CCCN(C(=O)CCC2CCNCC2)C1. The Kier molecular flexibility index (Phi) is 8.79. The van der Waals surface area contributed by atoms with Gasteiger partial charge in [0.15, 0.2) is 0 Å². The summed E-state index contributed by atoms with van der Waals surface area (Å²) in [5, 5.41) is 16.9. The molecule has 0 spiro atoms. The first kappa shape index (κ1) is 25.2. The molecule has 0 bridgehead atoms. The van der Waals surface area contributed by atoms with E-state index in [-0.39, 0.29) is 24.2 Å². The maximum atomic E-state index is 13.1. The van der Waals surface area contributed by atoms with Crippen LogP contribution in [0.1, 0.15) is 56.9 Å². The summed E-state index contributed by atoms with van der Waals surface area (Å²) in [5.74, 6) is -0.588. The molecule has 2 saturated heterocycles. The first-order valence-electron chi connectivity index (χ1n) is 13.0. The predicted molar refractivity (Wildman–Crippen MR) is 135 cm³/mol. The number of aliphatic carboxylic acids is 1. The minimum atomic E-state index is -0.924. The molecular weight excluding hydrogens is 444 g/mol. The third-order valence-corrected chi connectivity index (χ3v) is 7.57. The molecule has 1 aromatic carbocycles. The van der Waals surface area contributed by atoms with Gasteiger partial charge in [-0.15, -0.1) is 0 Å². The number of para-hydroxylation sites is 1. The number of hydrogen-bond acceptors (Lipinski definition) is 4. The van der Waals surface area contributed by atoms with Gasteiger partial charge in [-0.2, -0.15) is 0 Å². The Morgan fingerprint density at radius 1 is 1.14 bits per heavy atom. The molecule has 2 aliphatic rings. The molecule has 8 nitrogen and oxygen atoms in total. The van der Waals surface area contributed by atoms with Gasteiger partial charge in [-0.1, -0.05) is 18.2 Å². The summed E-state index contributed by atoms with van der Waals surface area (Å²) in [7, 11) is 0. The minimum Gasteiger partial charge on any atom is -0.481 e. The minimum absolute atomic E-state index is 0.111. The Hall–Kier alpha value is -2.87. The Morgan fingerprint density at radius 2 is 1.94 bits per heavy atom. The van der Waals surface area contributed by atoms with Gasteiger partial charge in [0.25, 0.3) is 0 Å². The van der Waals surface area contributed by atoms with Gasteiger partial charge in [-0.05, 0) is 75.6 Å². The Balaban J connectivity index is 1.29. The zero-order chi connectivity index (χ0) is 24.6. The number of hydrogen-bond donors (Lipinski definition) is 4. The number of piperidine rings is 2. The Bertz CT molecular complexity index is 1010. The van der Waals surface area contributed by atoms with Crippen molar-refractivity contribution >= 4 is 28.7 Å². The average molecular weight is 483 g/mol. The van der Waals surface area contributed by atoms with Gasteiger partial charge in [-0.25, -0.2) is 0 Å². The van der Waals surface area contributed by atoms with Crippen LogP contribution in [0.4, 0.5) is 0 Å². The third-order valence-electron chi connectivity index (χ3n) is 7.57. The van der Waals surface area contributed by atoms with E-state index in [4.69, 9.17) is 0 Å². The van der Waals surface area contributed by atoms with Crippen LogP contribution in [0.2, 0.25) is 0 Å². The topological polar surface area (TPSA) is 115 Å². The second-order valence-electron chi connectivity index (χ2n) is 10.1. The standard InChI is InChI=1S/C27H38N4O4/c32-25(10-7-19-11-13-28-14-12-19)31-15-3-4-21(18-31)27(35)30-22(16-26(33)34)9-8-20-17-29-24-6-2-1-5-23(20)24/h1-2,5-6,17,19,21-22,28-29H,3-4,7-16,18H2,(H,30,35)(H,33,34)/t21-,22?/m1/s1. The van der Waals surface area contributed by atoms with E-state index in [1.807, 2.05) is 35.4 Å². The van der Waals surface area contributed by atoms with E-state index in [0.717, 1.165) is 61.7 Å². The van der Waals surface area contributed by atoms with E-state index in [1.165, 1.54) is 0 Å². The van der Waals surface area contributed by atoms with Crippen LogP contribution in [-0.2, 0) is 20.8 Å². The van der Waals surface area contributed by atoms with Crippen molar-refractivity contribution in [3.8, 4) is 0 Å². The van der Waals surface area contributed by atoms with Crippen LogP contribution >= 0.6 is 0 Å². The smallest absolute Gasteiger partial charge is 0.305 e. The lowest BCUT2D eigenvalue weighted by Crippen LogP contribution is -2.48.